The first-order valence-corrected chi connectivity index (χ1v) is 9.92. The van der Waals surface area contributed by atoms with Crippen LogP contribution in [0.15, 0.2) is 41.8 Å². The molecule has 2 amide bonds. The van der Waals surface area contributed by atoms with Gasteiger partial charge in [-0.1, -0.05) is 18.2 Å². The number of carbonyl (C=O) groups is 2. The Morgan fingerprint density at radius 3 is 2.58 bits per heavy atom. The van der Waals surface area contributed by atoms with Gasteiger partial charge in [-0.25, -0.2) is 0 Å². The van der Waals surface area contributed by atoms with Gasteiger partial charge in [-0.15, -0.1) is 11.3 Å². The van der Waals surface area contributed by atoms with E-state index in [0.717, 1.165) is 42.1 Å². The largest absolute Gasteiger partial charge is 0.371 e. The van der Waals surface area contributed by atoms with Gasteiger partial charge in [0.1, 0.15) is 0 Å². The lowest BCUT2D eigenvalue weighted by Gasteiger charge is -2.35. The molecule has 26 heavy (non-hydrogen) atoms. The van der Waals surface area contributed by atoms with Gasteiger partial charge in [-0.05, 0) is 43.3 Å². The molecule has 0 atom stereocenters. The van der Waals surface area contributed by atoms with Crippen molar-refractivity contribution >= 4 is 28.8 Å². The van der Waals surface area contributed by atoms with Crippen LogP contribution in [-0.2, 0) is 0 Å². The molecule has 0 spiro atoms. The van der Waals surface area contributed by atoms with Gasteiger partial charge in [0.2, 0.25) is 0 Å². The highest BCUT2D eigenvalue weighted by Gasteiger charge is 2.24. The van der Waals surface area contributed by atoms with E-state index in [0.29, 0.717) is 6.54 Å². The Labute approximate surface area is 158 Å². The third kappa shape index (κ3) is 4.07. The number of rotatable bonds is 5. The molecule has 5 nitrogen and oxygen atoms in total. The molecule has 3 rings (SSSR count). The minimum Gasteiger partial charge on any atom is -0.371 e. The fourth-order valence-corrected chi connectivity index (χ4v) is 3.84. The number of hydrogen-bond acceptors (Lipinski definition) is 4. The van der Waals surface area contributed by atoms with Crippen molar-refractivity contribution < 1.29 is 9.59 Å². The number of carbonyl (C=O) groups excluding carboxylic acids is 2. The zero-order valence-electron chi connectivity index (χ0n) is 15.3. The van der Waals surface area contributed by atoms with Crippen molar-refractivity contribution in [1.82, 2.24) is 10.2 Å². The first kappa shape index (κ1) is 18.5. The molecule has 1 aromatic carbocycles. The summed E-state index contributed by atoms with van der Waals surface area (Å²) in [5.41, 5.74) is 1.73. The molecule has 0 radical (unpaired) electrons. The summed E-state index contributed by atoms with van der Waals surface area (Å²) in [6, 6.07) is 11.7. The van der Waals surface area contributed by atoms with Crippen molar-refractivity contribution in [2.45, 2.75) is 25.8 Å². The van der Waals surface area contributed by atoms with Crippen LogP contribution >= 0.6 is 11.3 Å². The molecule has 0 aliphatic carbocycles. The number of anilines is 1. The van der Waals surface area contributed by atoms with Gasteiger partial charge in [0.25, 0.3) is 11.8 Å². The first-order chi connectivity index (χ1) is 12.6. The molecular weight excluding hydrogens is 346 g/mol. The molecule has 1 saturated heterocycles. The predicted molar refractivity (Wildman–Crippen MR) is 106 cm³/mol. The molecule has 1 fully saturated rings. The third-order valence-electron chi connectivity index (χ3n) is 4.87. The summed E-state index contributed by atoms with van der Waals surface area (Å²) >= 11 is 1.46. The average Bonchev–Trinajstić information content (AvgIpc) is 3.22. The maximum absolute atomic E-state index is 12.6. The van der Waals surface area contributed by atoms with Crippen LogP contribution in [0.3, 0.4) is 0 Å². The minimum absolute atomic E-state index is 0.0126. The maximum atomic E-state index is 12.6. The normalized spacial score (nSPS) is 14.9. The van der Waals surface area contributed by atoms with E-state index >= 15 is 0 Å². The molecule has 2 aromatic rings. The molecule has 6 heteroatoms. The van der Waals surface area contributed by atoms with E-state index in [-0.39, 0.29) is 17.9 Å². The van der Waals surface area contributed by atoms with E-state index in [1.165, 1.54) is 11.3 Å². The molecule has 1 N–H and O–H groups in total. The van der Waals surface area contributed by atoms with Crippen molar-refractivity contribution in [3.8, 4) is 0 Å². The van der Waals surface area contributed by atoms with Crippen LogP contribution in [0, 0.1) is 0 Å². The smallest absolute Gasteiger partial charge is 0.261 e. The second-order valence-corrected chi connectivity index (χ2v) is 7.50. The SMILES string of the molecule is CCN(C)C(=O)c1ccccc1N1CCC(NC(=O)c2cccs2)CC1. The summed E-state index contributed by atoms with van der Waals surface area (Å²) in [6.07, 6.45) is 1.76. The first-order valence-electron chi connectivity index (χ1n) is 9.04. The lowest BCUT2D eigenvalue weighted by atomic mass is 10.0. The molecule has 1 aromatic heterocycles. The standard InChI is InChI=1S/C20H25N3O2S/c1-3-22(2)20(25)16-7-4-5-8-17(16)23-12-10-15(11-13-23)21-19(24)18-9-6-14-26-18/h4-9,14-15H,3,10-13H2,1-2H3,(H,21,24). The Bertz CT molecular complexity index is 752. The molecule has 0 unspecified atom stereocenters. The lowest BCUT2D eigenvalue weighted by molar-refractivity contribution is 0.0802. The molecule has 0 bridgehead atoms. The Balaban J connectivity index is 1.63. The number of para-hydroxylation sites is 1. The number of nitrogens with one attached hydrogen (secondary N) is 1. The van der Waals surface area contributed by atoms with E-state index in [1.807, 2.05) is 55.7 Å². The van der Waals surface area contributed by atoms with Gasteiger partial charge in [-0.2, -0.15) is 0 Å². The number of amides is 2. The van der Waals surface area contributed by atoms with Gasteiger partial charge >= 0.3 is 0 Å². The highest BCUT2D eigenvalue weighted by atomic mass is 32.1. The predicted octanol–water partition coefficient (Wildman–Crippen LogP) is 3.24. The minimum atomic E-state index is 0.0126. The lowest BCUT2D eigenvalue weighted by Crippen LogP contribution is -2.45. The summed E-state index contributed by atoms with van der Waals surface area (Å²) in [5.74, 6) is 0.0646. The summed E-state index contributed by atoms with van der Waals surface area (Å²) in [7, 11) is 1.82. The van der Waals surface area contributed by atoms with Crippen LogP contribution in [0.1, 0.15) is 39.8 Å². The quantitative estimate of drug-likeness (QED) is 0.878. The Hall–Kier alpha value is -2.34. The van der Waals surface area contributed by atoms with Crippen LogP contribution in [0.2, 0.25) is 0 Å². The Morgan fingerprint density at radius 2 is 1.92 bits per heavy atom. The van der Waals surface area contributed by atoms with Crippen molar-refractivity contribution in [2.24, 2.45) is 0 Å². The van der Waals surface area contributed by atoms with Crippen molar-refractivity contribution in [2.75, 3.05) is 31.6 Å². The summed E-state index contributed by atoms with van der Waals surface area (Å²) in [6.45, 7) is 4.32. The van der Waals surface area contributed by atoms with E-state index in [1.54, 1.807) is 4.90 Å². The molecule has 0 saturated carbocycles. The Kier molecular flexibility index (Phi) is 5.93. The van der Waals surface area contributed by atoms with Gasteiger partial charge in [0.05, 0.1) is 10.4 Å². The fraction of sp³-hybridized carbons (Fsp3) is 0.400. The maximum Gasteiger partial charge on any atom is 0.261 e. The van der Waals surface area contributed by atoms with Crippen LogP contribution in [-0.4, -0.2) is 49.4 Å². The van der Waals surface area contributed by atoms with E-state index in [4.69, 9.17) is 0 Å². The van der Waals surface area contributed by atoms with Crippen molar-refractivity contribution in [3.05, 3.63) is 52.2 Å². The molecule has 1 aliphatic rings. The molecule has 1 aliphatic heterocycles. The topological polar surface area (TPSA) is 52.7 Å². The fourth-order valence-electron chi connectivity index (χ4n) is 3.21. The number of nitrogens with zero attached hydrogens (tertiary/aromatic N) is 2. The number of piperidine rings is 1. The van der Waals surface area contributed by atoms with Gasteiger partial charge < -0.3 is 15.1 Å². The molecule has 138 valence electrons. The molecular formula is C20H25N3O2S. The van der Waals surface area contributed by atoms with Crippen LogP contribution in [0.5, 0.6) is 0 Å². The van der Waals surface area contributed by atoms with E-state index < -0.39 is 0 Å². The number of hydrogen-bond donors (Lipinski definition) is 1. The number of thiophene rings is 1. The van der Waals surface area contributed by atoms with Crippen molar-refractivity contribution in [1.29, 1.82) is 0 Å². The highest BCUT2D eigenvalue weighted by molar-refractivity contribution is 7.12. The zero-order chi connectivity index (χ0) is 18.5. The zero-order valence-corrected chi connectivity index (χ0v) is 16.1. The Morgan fingerprint density at radius 1 is 1.19 bits per heavy atom. The van der Waals surface area contributed by atoms with Crippen LogP contribution < -0.4 is 10.2 Å². The van der Waals surface area contributed by atoms with E-state index in [9.17, 15) is 9.59 Å². The van der Waals surface area contributed by atoms with Crippen LogP contribution in [0.25, 0.3) is 0 Å². The van der Waals surface area contributed by atoms with Gasteiger partial charge in [0.15, 0.2) is 0 Å². The second-order valence-electron chi connectivity index (χ2n) is 6.55. The summed E-state index contributed by atoms with van der Waals surface area (Å²) in [5, 5.41) is 5.04. The number of benzene rings is 1. The second kappa shape index (κ2) is 8.36. The van der Waals surface area contributed by atoms with Crippen LogP contribution in [0.4, 0.5) is 5.69 Å². The highest BCUT2D eigenvalue weighted by Crippen LogP contribution is 2.25. The van der Waals surface area contributed by atoms with E-state index in [2.05, 4.69) is 10.2 Å². The molecule has 2 heterocycles. The summed E-state index contributed by atoms with van der Waals surface area (Å²) in [4.78, 5) is 29.6. The monoisotopic (exact) mass is 371 g/mol. The van der Waals surface area contributed by atoms with Crippen molar-refractivity contribution in [3.63, 3.8) is 0 Å². The van der Waals surface area contributed by atoms with Gasteiger partial charge in [0, 0.05) is 38.4 Å². The average molecular weight is 372 g/mol. The third-order valence-corrected chi connectivity index (χ3v) is 5.74. The summed E-state index contributed by atoms with van der Waals surface area (Å²) < 4.78 is 0. The van der Waals surface area contributed by atoms with Gasteiger partial charge in [-0.3, -0.25) is 9.59 Å².